The number of ether oxygens (including phenoxy) is 2. The Morgan fingerprint density at radius 1 is 1.04 bits per heavy atom. The van der Waals surface area contributed by atoms with E-state index in [0.717, 1.165) is 16.8 Å². The molecule has 1 N–H and O–H groups in total. The maximum absolute atomic E-state index is 12.3. The van der Waals surface area contributed by atoms with Crippen molar-refractivity contribution < 1.29 is 19.1 Å². The number of carbonyl (C=O) groups excluding carboxylic acids is 2. The molecular weight excluding hydrogens is 306 g/mol. The molecule has 0 aromatic heterocycles. The molecule has 1 amide bonds. The van der Waals surface area contributed by atoms with Crippen molar-refractivity contribution in [3.05, 3.63) is 59.2 Å². The third kappa shape index (κ3) is 4.35. The summed E-state index contributed by atoms with van der Waals surface area (Å²) in [6.45, 7) is 5.58. The molecule has 0 aliphatic carbocycles. The van der Waals surface area contributed by atoms with E-state index in [2.05, 4.69) is 10.1 Å². The van der Waals surface area contributed by atoms with Crippen LogP contribution in [0.3, 0.4) is 0 Å². The number of benzene rings is 2. The Morgan fingerprint density at radius 2 is 1.71 bits per heavy atom. The van der Waals surface area contributed by atoms with Gasteiger partial charge in [0, 0.05) is 5.69 Å². The lowest BCUT2D eigenvalue weighted by Crippen LogP contribution is -2.30. The monoisotopic (exact) mass is 327 g/mol. The molecule has 1 atom stereocenters. The number of aryl methyl sites for hydroxylation is 2. The van der Waals surface area contributed by atoms with Crippen molar-refractivity contribution in [2.75, 3.05) is 12.4 Å². The number of hydrogen-bond donors (Lipinski definition) is 1. The second-order valence-corrected chi connectivity index (χ2v) is 5.58. The van der Waals surface area contributed by atoms with E-state index in [0.29, 0.717) is 11.3 Å². The number of anilines is 1. The first-order valence-corrected chi connectivity index (χ1v) is 7.64. The summed E-state index contributed by atoms with van der Waals surface area (Å²) in [6.07, 6.45) is -0.672. The minimum atomic E-state index is -0.672. The average Bonchev–Trinajstić information content (AvgIpc) is 2.58. The fourth-order valence-corrected chi connectivity index (χ4v) is 2.15. The molecule has 0 aliphatic heterocycles. The minimum absolute atomic E-state index is 0.235. The van der Waals surface area contributed by atoms with Crippen LogP contribution in [-0.4, -0.2) is 25.1 Å². The van der Waals surface area contributed by atoms with Gasteiger partial charge >= 0.3 is 5.97 Å². The maximum atomic E-state index is 12.3. The van der Waals surface area contributed by atoms with Crippen LogP contribution in [0.4, 0.5) is 5.69 Å². The lowest BCUT2D eigenvalue weighted by atomic mass is 10.1. The fraction of sp³-hybridized carbons (Fsp3) is 0.263. The van der Waals surface area contributed by atoms with Gasteiger partial charge in [0.15, 0.2) is 6.10 Å². The molecule has 0 aliphatic rings. The Labute approximate surface area is 141 Å². The molecule has 2 aromatic rings. The summed E-state index contributed by atoms with van der Waals surface area (Å²) in [5, 5.41) is 2.87. The Hall–Kier alpha value is -2.82. The second-order valence-electron chi connectivity index (χ2n) is 5.58. The van der Waals surface area contributed by atoms with E-state index in [1.807, 2.05) is 32.0 Å². The van der Waals surface area contributed by atoms with E-state index in [-0.39, 0.29) is 5.91 Å². The van der Waals surface area contributed by atoms with Gasteiger partial charge in [0.25, 0.3) is 5.91 Å². The standard InChI is InChI=1S/C19H21NO4/c1-12-5-6-13(2)17(11-12)20-18(21)14(3)24-16-9-7-15(8-10-16)19(22)23-4/h5-11,14H,1-4H3,(H,20,21)/t14-/m0/s1. The summed E-state index contributed by atoms with van der Waals surface area (Å²) in [4.78, 5) is 23.7. The number of amides is 1. The van der Waals surface area contributed by atoms with Crippen LogP contribution in [0.25, 0.3) is 0 Å². The topological polar surface area (TPSA) is 64.6 Å². The molecule has 0 fully saturated rings. The molecule has 0 bridgehead atoms. The van der Waals surface area contributed by atoms with E-state index in [9.17, 15) is 9.59 Å². The largest absolute Gasteiger partial charge is 0.481 e. The Bertz CT molecular complexity index is 738. The van der Waals surface area contributed by atoms with Gasteiger partial charge in [-0.05, 0) is 62.2 Å². The minimum Gasteiger partial charge on any atom is -0.481 e. The van der Waals surface area contributed by atoms with Crippen LogP contribution < -0.4 is 10.1 Å². The van der Waals surface area contributed by atoms with Crippen LogP contribution in [0.15, 0.2) is 42.5 Å². The summed E-state index contributed by atoms with van der Waals surface area (Å²) in [5.74, 6) is -0.144. The molecule has 0 unspecified atom stereocenters. The fourth-order valence-electron chi connectivity index (χ4n) is 2.15. The number of rotatable bonds is 5. The third-order valence-corrected chi connectivity index (χ3v) is 3.61. The molecule has 0 saturated heterocycles. The summed E-state index contributed by atoms with van der Waals surface area (Å²) in [7, 11) is 1.33. The maximum Gasteiger partial charge on any atom is 0.337 e. The van der Waals surface area contributed by atoms with Crippen LogP contribution >= 0.6 is 0 Å². The quantitative estimate of drug-likeness (QED) is 0.854. The highest BCUT2D eigenvalue weighted by Gasteiger charge is 2.16. The van der Waals surface area contributed by atoms with Crippen LogP contribution in [-0.2, 0) is 9.53 Å². The highest BCUT2D eigenvalue weighted by atomic mass is 16.5. The average molecular weight is 327 g/mol. The van der Waals surface area contributed by atoms with Gasteiger partial charge in [0.05, 0.1) is 12.7 Å². The smallest absolute Gasteiger partial charge is 0.337 e. The zero-order valence-corrected chi connectivity index (χ0v) is 14.3. The van der Waals surface area contributed by atoms with Crippen molar-refractivity contribution in [1.82, 2.24) is 0 Å². The van der Waals surface area contributed by atoms with E-state index >= 15 is 0 Å². The van der Waals surface area contributed by atoms with Gasteiger partial charge < -0.3 is 14.8 Å². The van der Waals surface area contributed by atoms with E-state index in [1.165, 1.54) is 7.11 Å². The van der Waals surface area contributed by atoms with Crippen molar-refractivity contribution in [1.29, 1.82) is 0 Å². The van der Waals surface area contributed by atoms with Crippen LogP contribution in [0.5, 0.6) is 5.75 Å². The van der Waals surface area contributed by atoms with Crippen molar-refractivity contribution >= 4 is 17.6 Å². The van der Waals surface area contributed by atoms with Gasteiger partial charge in [-0.3, -0.25) is 4.79 Å². The first-order valence-electron chi connectivity index (χ1n) is 7.64. The van der Waals surface area contributed by atoms with Crippen LogP contribution in [0, 0.1) is 13.8 Å². The molecule has 2 aromatic carbocycles. The summed E-state index contributed by atoms with van der Waals surface area (Å²) < 4.78 is 10.3. The zero-order valence-electron chi connectivity index (χ0n) is 14.3. The Balaban J connectivity index is 2.01. The molecule has 2 rings (SSSR count). The third-order valence-electron chi connectivity index (χ3n) is 3.61. The Morgan fingerprint density at radius 3 is 2.33 bits per heavy atom. The molecule has 24 heavy (non-hydrogen) atoms. The van der Waals surface area contributed by atoms with Gasteiger partial charge in [0.1, 0.15) is 5.75 Å². The second kappa shape index (κ2) is 7.64. The predicted molar refractivity (Wildman–Crippen MR) is 92.4 cm³/mol. The van der Waals surface area contributed by atoms with E-state index in [4.69, 9.17) is 4.74 Å². The molecule has 0 saturated carbocycles. The van der Waals surface area contributed by atoms with Crippen molar-refractivity contribution in [3.8, 4) is 5.75 Å². The zero-order chi connectivity index (χ0) is 17.7. The highest BCUT2D eigenvalue weighted by molar-refractivity contribution is 5.95. The summed E-state index contributed by atoms with van der Waals surface area (Å²) in [6, 6.07) is 12.3. The summed E-state index contributed by atoms with van der Waals surface area (Å²) in [5.41, 5.74) is 3.26. The van der Waals surface area contributed by atoms with Gasteiger partial charge in [0.2, 0.25) is 0 Å². The lowest BCUT2D eigenvalue weighted by molar-refractivity contribution is -0.122. The summed E-state index contributed by atoms with van der Waals surface area (Å²) >= 11 is 0. The number of methoxy groups -OCH3 is 1. The number of nitrogens with one attached hydrogen (secondary N) is 1. The van der Waals surface area contributed by atoms with E-state index < -0.39 is 12.1 Å². The van der Waals surface area contributed by atoms with E-state index in [1.54, 1.807) is 31.2 Å². The number of hydrogen-bond acceptors (Lipinski definition) is 4. The van der Waals surface area contributed by atoms with Crippen molar-refractivity contribution in [2.45, 2.75) is 26.9 Å². The highest BCUT2D eigenvalue weighted by Crippen LogP contribution is 2.18. The SMILES string of the molecule is COC(=O)c1ccc(O[C@@H](C)C(=O)Nc2cc(C)ccc2C)cc1. The van der Waals surface area contributed by atoms with Gasteiger partial charge in [-0.15, -0.1) is 0 Å². The Kier molecular flexibility index (Phi) is 5.58. The number of esters is 1. The van der Waals surface area contributed by atoms with Gasteiger partial charge in [-0.1, -0.05) is 12.1 Å². The molecule has 0 heterocycles. The predicted octanol–water partition coefficient (Wildman–Crippen LogP) is 3.50. The van der Waals surface area contributed by atoms with Crippen LogP contribution in [0.1, 0.15) is 28.4 Å². The molecule has 0 spiro atoms. The lowest BCUT2D eigenvalue weighted by Gasteiger charge is -2.16. The molecule has 5 heteroatoms. The van der Waals surface area contributed by atoms with Gasteiger partial charge in [-0.2, -0.15) is 0 Å². The molecule has 126 valence electrons. The molecule has 0 radical (unpaired) electrons. The number of carbonyl (C=O) groups is 2. The van der Waals surface area contributed by atoms with Gasteiger partial charge in [-0.25, -0.2) is 4.79 Å². The normalized spacial score (nSPS) is 11.5. The molecule has 5 nitrogen and oxygen atoms in total. The first-order chi connectivity index (χ1) is 11.4. The molecular formula is C19H21NO4. The van der Waals surface area contributed by atoms with Crippen molar-refractivity contribution in [2.24, 2.45) is 0 Å². The first kappa shape index (κ1) is 17.5. The van der Waals surface area contributed by atoms with Crippen molar-refractivity contribution in [3.63, 3.8) is 0 Å². The van der Waals surface area contributed by atoms with Crippen LogP contribution in [0.2, 0.25) is 0 Å².